The molecule has 0 amide bonds. The molecule has 4 heteroatoms. The first-order valence-electron chi connectivity index (χ1n) is 4.69. The van der Waals surface area contributed by atoms with Crippen molar-refractivity contribution >= 4 is 11.7 Å². The van der Waals surface area contributed by atoms with Gasteiger partial charge in [0.15, 0.2) is 0 Å². The molecule has 4 nitrogen and oxygen atoms in total. The van der Waals surface area contributed by atoms with Gasteiger partial charge in [-0.2, -0.15) is 5.26 Å². The first kappa shape index (κ1) is 9.53. The number of hydrogen-bond donors (Lipinski definition) is 1. The molecule has 1 aromatic rings. The molecule has 76 valence electrons. The third-order valence-corrected chi connectivity index (χ3v) is 2.60. The lowest BCUT2D eigenvalue weighted by molar-refractivity contribution is -0.142. The van der Waals surface area contributed by atoms with E-state index in [-0.39, 0.29) is 5.92 Å². The highest BCUT2D eigenvalue weighted by atomic mass is 16.4. The van der Waals surface area contributed by atoms with Gasteiger partial charge in [-0.05, 0) is 12.1 Å². The van der Waals surface area contributed by atoms with Crippen LogP contribution < -0.4 is 4.90 Å². The van der Waals surface area contributed by atoms with Gasteiger partial charge in [0.2, 0.25) is 0 Å². The van der Waals surface area contributed by atoms with Gasteiger partial charge in [0.25, 0.3) is 0 Å². The first-order chi connectivity index (χ1) is 7.22. The summed E-state index contributed by atoms with van der Waals surface area (Å²) in [5.41, 5.74) is 1.43. The van der Waals surface area contributed by atoms with E-state index in [4.69, 9.17) is 10.4 Å². The molecule has 1 saturated heterocycles. The second-order valence-electron chi connectivity index (χ2n) is 3.57. The monoisotopic (exact) mass is 202 g/mol. The zero-order valence-electron chi connectivity index (χ0n) is 8.05. The third-order valence-electron chi connectivity index (χ3n) is 2.60. The van der Waals surface area contributed by atoms with Crippen molar-refractivity contribution in [3.05, 3.63) is 29.8 Å². The molecule has 0 saturated carbocycles. The summed E-state index contributed by atoms with van der Waals surface area (Å²) in [6.45, 7) is 0.988. The molecule has 1 fully saturated rings. The van der Waals surface area contributed by atoms with Gasteiger partial charge in [-0.1, -0.05) is 12.1 Å². The van der Waals surface area contributed by atoms with E-state index in [9.17, 15) is 4.79 Å². The lowest BCUT2D eigenvalue weighted by atomic mass is 9.98. The number of rotatable bonds is 2. The fourth-order valence-electron chi connectivity index (χ4n) is 1.68. The van der Waals surface area contributed by atoms with Crippen LogP contribution in [0.1, 0.15) is 5.56 Å². The molecule has 2 rings (SSSR count). The number of nitrogens with zero attached hydrogens (tertiary/aromatic N) is 2. The topological polar surface area (TPSA) is 64.3 Å². The molecule has 0 atom stereocenters. The van der Waals surface area contributed by atoms with E-state index in [0.29, 0.717) is 18.7 Å². The molecule has 1 heterocycles. The fraction of sp³-hybridized carbons (Fsp3) is 0.273. The van der Waals surface area contributed by atoms with Crippen LogP contribution in [0, 0.1) is 17.2 Å². The fourth-order valence-corrected chi connectivity index (χ4v) is 1.68. The number of hydrogen-bond acceptors (Lipinski definition) is 3. The van der Waals surface area contributed by atoms with Crippen molar-refractivity contribution in [2.24, 2.45) is 5.92 Å². The van der Waals surface area contributed by atoms with Crippen molar-refractivity contribution < 1.29 is 9.90 Å². The van der Waals surface area contributed by atoms with Crippen LogP contribution in [-0.2, 0) is 4.79 Å². The van der Waals surface area contributed by atoms with Gasteiger partial charge in [0, 0.05) is 13.1 Å². The number of carboxylic acids is 1. The summed E-state index contributed by atoms with van der Waals surface area (Å²) in [7, 11) is 0. The SMILES string of the molecule is N#Cc1ccccc1N1CC(C(=O)O)C1. The molecular weight excluding hydrogens is 192 g/mol. The number of anilines is 1. The predicted molar refractivity (Wildman–Crippen MR) is 54.5 cm³/mol. The van der Waals surface area contributed by atoms with E-state index in [1.54, 1.807) is 12.1 Å². The van der Waals surface area contributed by atoms with Crippen molar-refractivity contribution in [2.75, 3.05) is 18.0 Å². The summed E-state index contributed by atoms with van der Waals surface area (Å²) in [4.78, 5) is 12.5. The van der Waals surface area contributed by atoms with Crippen LogP contribution >= 0.6 is 0 Å². The summed E-state index contributed by atoms with van der Waals surface area (Å²) < 4.78 is 0. The van der Waals surface area contributed by atoms with E-state index >= 15 is 0 Å². The highest BCUT2D eigenvalue weighted by Crippen LogP contribution is 2.27. The van der Waals surface area contributed by atoms with E-state index in [0.717, 1.165) is 5.69 Å². The summed E-state index contributed by atoms with van der Waals surface area (Å²) >= 11 is 0. The Bertz CT molecular complexity index is 430. The van der Waals surface area contributed by atoms with Crippen LogP contribution in [0.15, 0.2) is 24.3 Å². The molecule has 1 aliphatic rings. The Labute approximate surface area is 87.4 Å². The van der Waals surface area contributed by atoms with E-state index in [1.165, 1.54) is 0 Å². The number of aliphatic carboxylic acids is 1. The van der Waals surface area contributed by atoms with Crippen molar-refractivity contribution in [3.63, 3.8) is 0 Å². The van der Waals surface area contributed by atoms with Gasteiger partial charge < -0.3 is 10.0 Å². The second-order valence-corrected chi connectivity index (χ2v) is 3.57. The normalized spacial score (nSPS) is 15.5. The number of benzene rings is 1. The summed E-state index contributed by atoms with van der Waals surface area (Å²) in [6.07, 6.45) is 0. The van der Waals surface area contributed by atoms with Crippen LogP contribution in [0.4, 0.5) is 5.69 Å². The van der Waals surface area contributed by atoms with Crippen LogP contribution in [0.25, 0.3) is 0 Å². The van der Waals surface area contributed by atoms with Gasteiger partial charge in [-0.25, -0.2) is 0 Å². The molecule has 0 aromatic heterocycles. The van der Waals surface area contributed by atoms with Gasteiger partial charge in [-0.15, -0.1) is 0 Å². The highest BCUT2D eigenvalue weighted by molar-refractivity contribution is 5.75. The number of nitriles is 1. The van der Waals surface area contributed by atoms with Crippen LogP contribution in [0.3, 0.4) is 0 Å². The standard InChI is InChI=1S/C11H10N2O2/c12-5-8-3-1-2-4-10(8)13-6-9(7-13)11(14)15/h1-4,9H,6-7H2,(H,14,15). The summed E-state index contributed by atoms with van der Waals surface area (Å²) in [6, 6.07) is 9.34. The molecule has 1 aliphatic heterocycles. The maximum atomic E-state index is 10.6. The van der Waals surface area contributed by atoms with Crippen molar-refractivity contribution in [1.82, 2.24) is 0 Å². The maximum Gasteiger partial charge on any atom is 0.310 e. The Morgan fingerprint density at radius 3 is 2.73 bits per heavy atom. The lowest BCUT2D eigenvalue weighted by Gasteiger charge is -2.38. The first-order valence-corrected chi connectivity index (χ1v) is 4.69. The smallest absolute Gasteiger partial charge is 0.310 e. The minimum absolute atomic E-state index is 0.295. The van der Waals surface area contributed by atoms with Crippen molar-refractivity contribution in [1.29, 1.82) is 5.26 Å². The summed E-state index contributed by atoms with van der Waals surface area (Å²) in [5.74, 6) is -1.06. The molecule has 15 heavy (non-hydrogen) atoms. The minimum atomic E-state index is -0.763. The Morgan fingerprint density at radius 2 is 2.13 bits per heavy atom. The van der Waals surface area contributed by atoms with Gasteiger partial charge >= 0.3 is 5.97 Å². The Hall–Kier alpha value is -2.02. The van der Waals surface area contributed by atoms with Crippen molar-refractivity contribution in [3.8, 4) is 6.07 Å². The van der Waals surface area contributed by atoms with Crippen molar-refractivity contribution in [2.45, 2.75) is 0 Å². The Morgan fingerprint density at radius 1 is 1.47 bits per heavy atom. The molecule has 0 bridgehead atoms. The van der Waals surface area contributed by atoms with Gasteiger partial charge in [0.05, 0.1) is 17.2 Å². The minimum Gasteiger partial charge on any atom is -0.481 e. The van der Waals surface area contributed by atoms with E-state index in [1.807, 2.05) is 17.0 Å². The quantitative estimate of drug-likeness (QED) is 0.779. The Kier molecular flexibility index (Phi) is 2.30. The van der Waals surface area contributed by atoms with E-state index in [2.05, 4.69) is 6.07 Å². The number of carboxylic acid groups (broad SMARTS) is 1. The molecular formula is C11H10N2O2. The maximum absolute atomic E-state index is 10.6. The average molecular weight is 202 g/mol. The molecule has 0 unspecified atom stereocenters. The van der Waals surface area contributed by atoms with Crippen LogP contribution in [0.2, 0.25) is 0 Å². The third kappa shape index (κ3) is 1.64. The number of carbonyl (C=O) groups is 1. The Balaban J connectivity index is 2.14. The lowest BCUT2D eigenvalue weighted by Crippen LogP contribution is -2.50. The molecule has 0 radical (unpaired) electrons. The van der Waals surface area contributed by atoms with Crippen LogP contribution in [0.5, 0.6) is 0 Å². The van der Waals surface area contributed by atoms with E-state index < -0.39 is 5.97 Å². The van der Waals surface area contributed by atoms with Crippen LogP contribution in [-0.4, -0.2) is 24.2 Å². The molecule has 0 spiro atoms. The average Bonchev–Trinajstić information content (AvgIpc) is 2.15. The van der Waals surface area contributed by atoms with Gasteiger partial charge in [0.1, 0.15) is 6.07 Å². The largest absolute Gasteiger partial charge is 0.481 e. The van der Waals surface area contributed by atoms with Gasteiger partial charge in [-0.3, -0.25) is 4.79 Å². The predicted octanol–water partition coefficient (Wildman–Crippen LogP) is 1.08. The second kappa shape index (κ2) is 3.62. The summed E-state index contributed by atoms with van der Waals surface area (Å²) in [5, 5.41) is 17.6. The molecule has 1 N–H and O–H groups in total. The highest BCUT2D eigenvalue weighted by Gasteiger charge is 2.33. The zero-order chi connectivity index (χ0) is 10.8. The number of para-hydroxylation sites is 1. The molecule has 0 aliphatic carbocycles. The zero-order valence-corrected chi connectivity index (χ0v) is 8.05. The molecule has 1 aromatic carbocycles.